The van der Waals surface area contributed by atoms with Gasteiger partial charge in [-0.1, -0.05) is 6.07 Å². The molecule has 3 heterocycles. The maximum Gasteiger partial charge on any atom is 0.253 e. The van der Waals surface area contributed by atoms with E-state index >= 15 is 0 Å². The van der Waals surface area contributed by atoms with Gasteiger partial charge >= 0.3 is 0 Å². The van der Waals surface area contributed by atoms with E-state index in [1.807, 2.05) is 17.5 Å². The van der Waals surface area contributed by atoms with Crippen molar-refractivity contribution in [3.8, 4) is 16.5 Å². The Morgan fingerprint density at radius 1 is 1.33 bits per heavy atom. The number of aromatic amines is 2. The third-order valence-corrected chi connectivity index (χ3v) is 5.13. The topological polar surface area (TPSA) is 95.7 Å². The van der Waals surface area contributed by atoms with Gasteiger partial charge in [0.15, 0.2) is 0 Å². The second kappa shape index (κ2) is 7.63. The summed E-state index contributed by atoms with van der Waals surface area (Å²) in [6.07, 6.45) is 5.12. The Morgan fingerprint density at radius 2 is 2.26 bits per heavy atom. The molecular formula is C19H19N5O2S. The highest BCUT2D eigenvalue weighted by molar-refractivity contribution is 7.13. The van der Waals surface area contributed by atoms with Gasteiger partial charge in [-0.3, -0.25) is 4.79 Å². The molecule has 4 aromatic rings. The molecule has 3 N–H and O–H groups in total. The molecular weight excluding hydrogens is 362 g/mol. The van der Waals surface area contributed by atoms with Gasteiger partial charge in [-0.15, -0.1) is 11.3 Å². The highest BCUT2D eigenvalue weighted by Crippen LogP contribution is 2.31. The number of hydrogen-bond acceptors (Lipinski definition) is 5. The van der Waals surface area contributed by atoms with Crippen LogP contribution in [0.1, 0.15) is 22.6 Å². The Labute approximate surface area is 159 Å². The summed E-state index contributed by atoms with van der Waals surface area (Å²) in [5.74, 6) is 2.17. The number of thiophene rings is 1. The van der Waals surface area contributed by atoms with Crippen molar-refractivity contribution in [2.75, 3.05) is 13.7 Å². The molecule has 0 spiro atoms. The molecule has 1 aromatic carbocycles. The number of aromatic nitrogens is 4. The molecule has 0 radical (unpaired) electrons. The highest BCUT2D eigenvalue weighted by Gasteiger charge is 2.18. The van der Waals surface area contributed by atoms with E-state index in [1.165, 1.54) is 0 Å². The van der Waals surface area contributed by atoms with Crippen LogP contribution in [0.3, 0.4) is 0 Å². The van der Waals surface area contributed by atoms with Crippen LogP contribution in [0.2, 0.25) is 0 Å². The number of nitrogens with zero attached hydrogens (tertiary/aromatic N) is 2. The van der Waals surface area contributed by atoms with E-state index in [1.54, 1.807) is 43.0 Å². The predicted octanol–water partition coefficient (Wildman–Crippen LogP) is 3.39. The van der Waals surface area contributed by atoms with Gasteiger partial charge in [-0.05, 0) is 30.0 Å². The zero-order chi connectivity index (χ0) is 18.6. The number of hydrogen-bond donors (Lipinski definition) is 3. The molecule has 0 fully saturated rings. The first-order valence-corrected chi connectivity index (χ1v) is 9.51. The molecule has 0 aliphatic heterocycles. The molecule has 3 aromatic heterocycles. The fraction of sp³-hybridized carbons (Fsp3) is 0.211. The number of fused-ring (bicyclic) bond motifs is 1. The third kappa shape index (κ3) is 3.56. The van der Waals surface area contributed by atoms with Crippen LogP contribution in [-0.2, 0) is 6.42 Å². The third-order valence-electron chi connectivity index (χ3n) is 4.26. The van der Waals surface area contributed by atoms with Crippen LogP contribution in [0.15, 0.2) is 42.0 Å². The summed E-state index contributed by atoms with van der Waals surface area (Å²) in [5.41, 5.74) is 1.87. The van der Waals surface area contributed by atoms with E-state index in [-0.39, 0.29) is 5.91 Å². The smallest absolute Gasteiger partial charge is 0.253 e. The van der Waals surface area contributed by atoms with Crippen molar-refractivity contribution >= 4 is 28.3 Å². The van der Waals surface area contributed by atoms with Crippen LogP contribution in [0.4, 0.5) is 0 Å². The molecule has 0 aliphatic rings. The van der Waals surface area contributed by atoms with Crippen molar-refractivity contribution in [2.45, 2.75) is 12.8 Å². The van der Waals surface area contributed by atoms with Crippen LogP contribution in [-0.4, -0.2) is 39.5 Å². The number of carbonyl (C=O) groups excluding carboxylic acids is 1. The number of nitrogens with one attached hydrogen (secondary N) is 3. The molecule has 0 saturated carbocycles. The largest absolute Gasteiger partial charge is 0.494 e. The lowest BCUT2D eigenvalue weighted by atomic mass is 10.1. The molecule has 0 atom stereocenters. The van der Waals surface area contributed by atoms with Crippen molar-refractivity contribution in [1.82, 2.24) is 25.3 Å². The average Bonchev–Trinajstić information content (AvgIpc) is 3.44. The quantitative estimate of drug-likeness (QED) is 0.428. The second-order valence-electron chi connectivity index (χ2n) is 6.00. The molecule has 138 valence electrons. The Morgan fingerprint density at radius 3 is 3.00 bits per heavy atom. The first-order chi connectivity index (χ1) is 13.3. The fourth-order valence-corrected chi connectivity index (χ4v) is 3.61. The van der Waals surface area contributed by atoms with Crippen LogP contribution in [0.5, 0.6) is 5.75 Å². The van der Waals surface area contributed by atoms with Crippen molar-refractivity contribution in [3.05, 3.63) is 53.4 Å². The first-order valence-electron chi connectivity index (χ1n) is 8.63. The van der Waals surface area contributed by atoms with E-state index in [2.05, 4.69) is 25.3 Å². The van der Waals surface area contributed by atoms with Gasteiger partial charge in [-0.25, -0.2) is 9.97 Å². The summed E-state index contributed by atoms with van der Waals surface area (Å²) in [7, 11) is 1.61. The van der Waals surface area contributed by atoms with E-state index in [9.17, 15) is 4.79 Å². The van der Waals surface area contributed by atoms with E-state index in [4.69, 9.17) is 4.74 Å². The number of H-pyrrole nitrogens is 2. The number of methoxy groups -OCH3 is 1. The maximum atomic E-state index is 12.7. The summed E-state index contributed by atoms with van der Waals surface area (Å²) in [5, 5.41) is 4.95. The Kier molecular flexibility index (Phi) is 4.88. The number of aryl methyl sites for hydroxylation is 1. The number of benzene rings is 1. The Bertz CT molecular complexity index is 1040. The number of rotatable bonds is 7. The van der Waals surface area contributed by atoms with Crippen LogP contribution < -0.4 is 10.1 Å². The van der Waals surface area contributed by atoms with Crippen molar-refractivity contribution in [3.63, 3.8) is 0 Å². The molecule has 0 bridgehead atoms. The van der Waals surface area contributed by atoms with Crippen molar-refractivity contribution in [1.29, 1.82) is 0 Å². The molecule has 0 unspecified atom stereocenters. The lowest BCUT2D eigenvalue weighted by Crippen LogP contribution is -2.25. The van der Waals surface area contributed by atoms with Crippen molar-refractivity contribution < 1.29 is 9.53 Å². The second-order valence-corrected chi connectivity index (χ2v) is 6.94. The first kappa shape index (κ1) is 17.3. The van der Waals surface area contributed by atoms with Gasteiger partial charge in [0.25, 0.3) is 5.91 Å². The summed E-state index contributed by atoms with van der Waals surface area (Å²) in [6.45, 7) is 0.565. The van der Waals surface area contributed by atoms with Gasteiger partial charge in [0.05, 0.1) is 17.6 Å². The molecule has 27 heavy (non-hydrogen) atoms. The zero-order valence-electron chi connectivity index (χ0n) is 14.8. The number of carbonyl (C=O) groups is 1. The highest BCUT2D eigenvalue weighted by atomic mass is 32.1. The van der Waals surface area contributed by atoms with E-state index in [0.717, 1.165) is 34.9 Å². The predicted molar refractivity (Wildman–Crippen MR) is 105 cm³/mol. The fourth-order valence-electron chi connectivity index (χ4n) is 2.94. The van der Waals surface area contributed by atoms with Gasteiger partial charge in [0.1, 0.15) is 28.4 Å². The summed E-state index contributed by atoms with van der Waals surface area (Å²) in [4.78, 5) is 28.9. The monoisotopic (exact) mass is 381 g/mol. The molecule has 0 saturated heterocycles. The number of imidazole rings is 2. The molecule has 7 nitrogen and oxygen atoms in total. The minimum absolute atomic E-state index is 0.147. The van der Waals surface area contributed by atoms with Crippen molar-refractivity contribution in [2.24, 2.45) is 0 Å². The lowest BCUT2D eigenvalue weighted by Gasteiger charge is -2.07. The summed E-state index contributed by atoms with van der Waals surface area (Å²) in [6, 6.07) is 7.50. The zero-order valence-corrected chi connectivity index (χ0v) is 15.6. The van der Waals surface area contributed by atoms with Crippen LogP contribution in [0.25, 0.3) is 21.7 Å². The van der Waals surface area contributed by atoms with Gasteiger partial charge in [0.2, 0.25) is 0 Å². The molecule has 4 rings (SSSR count). The normalized spacial score (nSPS) is 11.0. The SMILES string of the molecule is COc1ccc(C(=O)NCCCc2ncc[nH]2)c2nc(-c3cccs3)[nH]c12. The molecule has 1 amide bonds. The van der Waals surface area contributed by atoms with Crippen LogP contribution in [0, 0.1) is 0 Å². The lowest BCUT2D eigenvalue weighted by molar-refractivity contribution is 0.0954. The number of amides is 1. The van der Waals surface area contributed by atoms with Gasteiger partial charge in [0, 0.05) is 25.4 Å². The Hall–Kier alpha value is -3.13. The Balaban J connectivity index is 1.54. The standard InChI is InChI=1S/C19H19N5O2S/c1-26-13-7-6-12(19(25)22-8-2-5-15-20-9-10-21-15)16-17(13)24-18(23-16)14-4-3-11-27-14/h3-4,6-7,9-11H,2,5,8H2,1H3,(H,20,21)(H,22,25)(H,23,24). The molecule has 8 heteroatoms. The molecule has 0 aliphatic carbocycles. The summed E-state index contributed by atoms with van der Waals surface area (Å²) < 4.78 is 5.42. The van der Waals surface area contributed by atoms with Gasteiger partial charge in [-0.2, -0.15) is 0 Å². The maximum absolute atomic E-state index is 12.7. The van der Waals surface area contributed by atoms with E-state index in [0.29, 0.717) is 23.4 Å². The summed E-state index contributed by atoms with van der Waals surface area (Å²) >= 11 is 1.59. The van der Waals surface area contributed by atoms with Crippen LogP contribution >= 0.6 is 11.3 Å². The average molecular weight is 381 g/mol. The van der Waals surface area contributed by atoms with E-state index < -0.39 is 0 Å². The number of ether oxygens (including phenoxy) is 1. The minimum atomic E-state index is -0.147. The van der Waals surface area contributed by atoms with Gasteiger partial charge < -0.3 is 20.0 Å². The minimum Gasteiger partial charge on any atom is -0.494 e.